The lowest BCUT2D eigenvalue weighted by atomic mass is 10.0. The van der Waals surface area contributed by atoms with Crippen LogP contribution in [0.2, 0.25) is 0 Å². The van der Waals surface area contributed by atoms with Gasteiger partial charge in [0.05, 0.1) is 32.2 Å². The number of ketones is 1. The van der Waals surface area contributed by atoms with Crippen molar-refractivity contribution in [3.8, 4) is 11.5 Å². The van der Waals surface area contributed by atoms with Crippen molar-refractivity contribution < 1.29 is 23.8 Å². The summed E-state index contributed by atoms with van der Waals surface area (Å²) in [4.78, 5) is 27.7. The van der Waals surface area contributed by atoms with Crippen LogP contribution >= 0.6 is 0 Å². The summed E-state index contributed by atoms with van der Waals surface area (Å²) >= 11 is 0. The minimum atomic E-state index is -0.230. The molecule has 0 aromatic carbocycles. The molecule has 0 unspecified atom stereocenters. The van der Waals surface area contributed by atoms with E-state index in [1.54, 1.807) is 38.4 Å². The molecule has 1 aliphatic carbocycles. The second-order valence-corrected chi connectivity index (χ2v) is 6.23. The molecule has 2 rings (SSSR count). The minimum absolute atomic E-state index is 0.156. The Morgan fingerprint density at radius 2 is 2.04 bits per heavy atom. The van der Waals surface area contributed by atoms with Crippen molar-refractivity contribution >= 4 is 17.8 Å². The number of hydrogen-bond acceptors (Lipinski definition) is 6. The summed E-state index contributed by atoms with van der Waals surface area (Å²) in [6.07, 6.45) is 9.98. The summed E-state index contributed by atoms with van der Waals surface area (Å²) in [6.45, 7) is 2.53. The Bertz CT molecular complexity index is 635. The number of esters is 1. The van der Waals surface area contributed by atoms with Crippen LogP contribution in [-0.4, -0.2) is 37.1 Å². The zero-order chi connectivity index (χ0) is 18.8. The van der Waals surface area contributed by atoms with Gasteiger partial charge in [0.2, 0.25) is 0 Å². The smallest absolute Gasteiger partial charge is 0.305 e. The fraction of sp³-hybridized carbons (Fsp3) is 0.550. The number of pyridine rings is 1. The monoisotopic (exact) mass is 361 g/mol. The van der Waals surface area contributed by atoms with Crippen molar-refractivity contribution in [1.82, 2.24) is 4.98 Å². The number of allylic oxidation sites excluding steroid dienone is 1. The molecule has 0 amide bonds. The molecule has 0 aliphatic heterocycles. The molecular weight excluding hydrogens is 334 g/mol. The zero-order valence-corrected chi connectivity index (χ0v) is 15.5. The Morgan fingerprint density at radius 1 is 1.27 bits per heavy atom. The highest BCUT2D eigenvalue weighted by Crippen LogP contribution is 2.28. The molecule has 1 fully saturated rings. The van der Waals surface area contributed by atoms with E-state index in [9.17, 15) is 9.59 Å². The molecule has 1 saturated carbocycles. The van der Waals surface area contributed by atoms with E-state index in [1.165, 1.54) is 0 Å². The zero-order valence-electron chi connectivity index (χ0n) is 15.5. The third-order valence-electron chi connectivity index (χ3n) is 4.34. The normalized spacial score (nSPS) is 14.5. The van der Waals surface area contributed by atoms with Gasteiger partial charge in [-0.1, -0.05) is 12.8 Å². The van der Waals surface area contributed by atoms with E-state index < -0.39 is 0 Å². The topological polar surface area (TPSA) is 74.7 Å². The van der Waals surface area contributed by atoms with Crippen molar-refractivity contribution in [1.29, 1.82) is 0 Å². The highest BCUT2D eigenvalue weighted by molar-refractivity contribution is 5.95. The molecule has 0 atom stereocenters. The van der Waals surface area contributed by atoms with E-state index in [-0.39, 0.29) is 17.7 Å². The third kappa shape index (κ3) is 6.17. The van der Waals surface area contributed by atoms with Crippen molar-refractivity contribution in [3.63, 3.8) is 0 Å². The first kappa shape index (κ1) is 19.9. The van der Waals surface area contributed by atoms with Crippen LogP contribution in [0.1, 0.15) is 51.1 Å². The van der Waals surface area contributed by atoms with E-state index >= 15 is 0 Å². The summed E-state index contributed by atoms with van der Waals surface area (Å²) < 4.78 is 15.9. The predicted octanol–water partition coefficient (Wildman–Crippen LogP) is 3.58. The minimum Gasteiger partial charge on any atom is -0.491 e. The van der Waals surface area contributed by atoms with Gasteiger partial charge in [-0.3, -0.25) is 14.6 Å². The SMILES string of the molecule is CCOC(=O)CCCOc1cc(/C=C/C(=O)C2CCCC2)ncc1OC. The number of ether oxygens (including phenoxy) is 3. The first-order chi connectivity index (χ1) is 12.6. The average molecular weight is 361 g/mol. The maximum absolute atomic E-state index is 12.1. The Labute approximate surface area is 154 Å². The van der Waals surface area contributed by atoms with E-state index in [2.05, 4.69) is 4.98 Å². The summed E-state index contributed by atoms with van der Waals surface area (Å²) in [5.41, 5.74) is 0.637. The largest absolute Gasteiger partial charge is 0.491 e. The Morgan fingerprint density at radius 3 is 2.73 bits per heavy atom. The Kier molecular flexibility index (Phi) is 8.12. The van der Waals surface area contributed by atoms with Crippen LogP contribution in [0.4, 0.5) is 0 Å². The second kappa shape index (κ2) is 10.6. The average Bonchev–Trinajstić information content (AvgIpc) is 3.18. The van der Waals surface area contributed by atoms with Crippen molar-refractivity contribution in [2.45, 2.75) is 45.4 Å². The molecular formula is C20H27NO5. The summed E-state index contributed by atoms with van der Waals surface area (Å²) in [6, 6.07) is 1.74. The standard InChI is InChI=1S/C20H27NO5/c1-3-25-20(23)9-6-12-26-18-13-16(21-14-19(18)24-2)10-11-17(22)15-7-4-5-8-15/h10-11,13-15H,3-9,12H2,1-2H3/b11-10+. The molecule has 0 bridgehead atoms. The lowest BCUT2D eigenvalue weighted by Crippen LogP contribution is -2.07. The maximum Gasteiger partial charge on any atom is 0.305 e. The number of rotatable bonds is 10. The molecule has 0 spiro atoms. The molecule has 0 radical (unpaired) electrons. The van der Waals surface area contributed by atoms with Gasteiger partial charge in [0.1, 0.15) is 0 Å². The van der Waals surface area contributed by atoms with Crippen molar-refractivity contribution in [3.05, 3.63) is 24.0 Å². The lowest BCUT2D eigenvalue weighted by Gasteiger charge is -2.11. The van der Waals surface area contributed by atoms with E-state index in [0.29, 0.717) is 43.2 Å². The second-order valence-electron chi connectivity index (χ2n) is 6.23. The molecule has 1 aromatic heterocycles. The molecule has 6 heteroatoms. The van der Waals surface area contributed by atoms with Gasteiger partial charge < -0.3 is 14.2 Å². The fourth-order valence-corrected chi connectivity index (χ4v) is 2.94. The van der Waals surface area contributed by atoms with E-state index in [1.807, 2.05) is 0 Å². The van der Waals surface area contributed by atoms with Crippen LogP contribution < -0.4 is 9.47 Å². The van der Waals surface area contributed by atoms with Crippen LogP contribution in [-0.2, 0) is 14.3 Å². The maximum atomic E-state index is 12.1. The number of aromatic nitrogens is 1. The molecule has 0 saturated heterocycles. The highest BCUT2D eigenvalue weighted by atomic mass is 16.5. The lowest BCUT2D eigenvalue weighted by molar-refractivity contribution is -0.143. The first-order valence-electron chi connectivity index (χ1n) is 9.18. The number of hydrogen-bond donors (Lipinski definition) is 0. The highest BCUT2D eigenvalue weighted by Gasteiger charge is 2.20. The molecule has 0 N–H and O–H groups in total. The molecule has 1 aliphatic rings. The fourth-order valence-electron chi connectivity index (χ4n) is 2.94. The third-order valence-corrected chi connectivity index (χ3v) is 4.34. The number of methoxy groups -OCH3 is 1. The number of carbonyl (C=O) groups is 2. The molecule has 1 heterocycles. The number of carbonyl (C=O) groups excluding carboxylic acids is 2. The van der Waals surface area contributed by atoms with Crippen molar-refractivity contribution in [2.75, 3.05) is 20.3 Å². The van der Waals surface area contributed by atoms with Gasteiger partial charge in [0, 0.05) is 18.4 Å². The van der Waals surface area contributed by atoms with Crippen molar-refractivity contribution in [2.24, 2.45) is 5.92 Å². The van der Waals surface area contributed by atoms with Gasteiger partial charge >= 0.3 is 5.97 Å². The van der Waals surface area contributed by atoms with Crippen LogP contribution in [0, 0.1) is 5.92 Å². The van der Waals surface area contributed by atoms with Gasteiger partial charge in [-0.2, -0.15) is 0 Å². The van der Waals surface area contributed by atoms with Crippen LogP contribution in [0.15, 0.2) is 18.3 Å². The van der Waals surface area contributed by atoms with E-state index in [0.717, 1.165) is 25.7 Å². The van der Waals surface area contributed by atoms with Crippen LogP contribution in [0.3, 0.4) is 0 Å². The van der Waals surface area contributed by atoms with Gasteiger partial charge in [-0.15, -0.1) is 0 Å². The van der Waals surface area contributed by atoms with Gasteiger partial charge in [0.25, 0.3) is 0 Å². The Balaban J connectivity index is 1.92. The predicted molar refractivity (Wildman–Crippen MR) is 98.2 cm³/mol. The summed E-state index contributed by atoms with van der Waals surface area (Å²) in [7, 11) is 1.54. The molecule has 6 nitrogen and oxygen atoms in total. The summed E-state index contributed by atoms with van der Waals surface area (Å²) in [5, 5.41) is 0. The molecule has 1 aromatic rings. The first-order valence-corrected chi connectivity index (χ1v) is 9.18. The molecule has 26 heavy (non-hydrogen) atoms. The van der Waals surface area contributed by atoms with Gasteiger partial charge in [0.15, 0.2) is 17.3 Å². The quantitative estimate of drug-likeness (QED) is 0.360. The summed E-state index contributed by atoms with van der Waals surface area (Å²) in [5.74, 6) is 1.15. The van der Waals surface area contributed by atoms with Gasteiger partial charge in [-0.05, 0) is 38.3 Å². The molecule has 142 valence electrons. The van der Waals surface area contributed by atoms with E-state index in [4.69, 9.17) is 14.2 Å². The number of nitrogens with zero attached hydrogens (tertiary/aromatic N) is 1. The van der Waals surface area contributed by atoms with Crippen LogP contribution in [0.25, 0.3) is 6.08 Å². The Hall–Kier alpha value is -2.37. The van der Waals surface area contributed by atoms with Gasteiger partial charge in [-0.25, -0.2) is 0 Å². The van der Waals surface area contributed by atoms with Crippen LogP contribution in [0.5, 0.6) is 11.5 Å².